The summed E-state index contributed by atoms with van der Waals surface area (Å²) < 4.78 is 31.7. The highest BCUT2D eigenvalue weighted by molar-refractivity contribution is 6.01. The van der Waals surface area contributed by atoms with E-state index in [-0.39, 0.29) is 12.0 Å². The standard InChI is InChI=1S/C27H31F2N3O4/c1-26(2,3)36-25(35)32-13-11-31(12-14-32)24(34)22-10-5-4-9-21(22)18-7-6-8-20(15-18)30-23(33)19-16-27(28,29)17-19/h4-10,15,19H,11-14,16-17H2,1-3H3,(H,30,33). The molecule has 2 aromatic rings. The number of nitrogens with one attached hydrogen (secondary N) is 1. The zero-order chi connectivity index (χ0) is 26.1. The molecule has 1 saturated heterocycles. The minimum atomic E-state index is -2.76. The molecule has 0 atom stereocenters. The molecule has 0 aromatic heterocycles. The summed E-state index contributed by atoms with van der Waals surface area (Å²) in [7, 11) is 0. The second kappa shape index (κ2) is 9.87. The molecular weight excluding hydrogens is 468 g/mol. The summed E-state index contributed by atoms with van der Waals surface area (Å²) in [5, 5.41) is 2.72. The first-order valence-electron chi connectivity index (χ1n) is 12.1. The van der Waals surface area contributed by atoms with E-state index in [4.69, 9.17) is 4.74 Å². The quantitative estimate of drug-likeness (QED) is 0.640. The molecule has 1 saturated carbocycles. The third-order valence-corrected chi connectivity index (χ3v) is 6.28. The molecule has 3 amide bonds. The van der Waals surface area contributed by atoms with Gasteiger partial charge in [-0.05, 0) is 50.1 Å². The zero-order valence-corrected chi connectivity index (χ0v) is 20.7. The average molecular weight is 500 g/mol. The van der Waals surface area contributed by atoms with Gasteiger partial charge in [0.05, 0.1) is 0 Å². The fourth-order valence-corrected chi connectivity index (χ4v) is 4.37. The van der Waals surface area contributed by atoms with Gasteiger partial charge in [-0.3, -0.25) is 9.59 Å². The van der Waals surface area contributed by atoms with Crippen LogP contribution in [0.3, 0.4) is 0 Å². The molecule has 1 heterocycles. The van der Waals surface area contributed by atoms with Gasteiger partial charge in [-0.1, -0.05) is 30.3 Å². The van der Waals surface area contributed by atoms with Gasteiger partial charge in [0.1, 0.15) is 5.60 Å². The van der Waals surface area contributed by atoms with Crippen molar-refractivity contribution in [3.05, 3.63) is 54.1 Å². The highest BCUT2D eigenvalue weighted by Crippen LogP contribution is 2.42. The molecule has 1 aliphatic heterocycles. The Morgan fingerprint density at radius 2 is 1.58 bits per heavy atom. The van der Waals surface area contributed by atoms with E-state index in [0.29, 0.717) is 43.0 Å². The lowest BCUT2D eigenvalue weighted by Gasteiger charge is -2.35. The lowest BCUT2D eigenvalue weighted by Crippen LogP contribution is -2.51. The fraction of sp³-hybridized carbons (Fsp3) is 0.444. The van der Waals surface area contributed by atoms with Crippen LogP contribution in [0.2, 0.25) is 0 Å². The van der Waals surface area contributed by atoms with Crippen molar-refractivity contribution in [2.24, 2.45) is 5.92 Å². The van der Waals surface area contributed by atoms with Gasteiger partial charge in [-0.15, -0.1) is 0 Å². The van der Waals surface area contributed by atoms with E-state index >= 15 is 0 Å². The Bertz CT molecular complexity index is 1150. The van der Waals surface area contributed by atoms with Gasteiger partial charge >= 0.3 is 6.09 Å². The van der Waals surface area contributed by atoms with Crippen molar-refractivity contribution in [2.45, 2.75) is 45.1 Å². The summed E-state index contributed by atoms with van der Waals surface area (Å²) in [5.74, 6) is -4.04. The first-order chi connectivity index (χ1) is 16.9. The summed E-state index contributed by atoms with van der Waals surface area (Å²) in [6.07, 6.45) is -1.26. The third kappa shape index (κ3) is 6.01. The monoisotopic (exact) mass is 499 g/mol. The van der Waals surface area contributed by atoms with Crippen molar-refractivity contribution in [1.29, 1.82) is 0 Å². The highest BCUT2D eigenvalue weighted by atomic mass is 19.3. The lowest BCUT2D eigenvalue weighted by molar-refractivity contribution is -0.145. The molecule has 7 nitrogen and oxygen atoms in total. The van der Waals surface area contributed by atoms with E-state index in [2.05, 4.69) is 5.32 Å². The highest BCUT2D eigenvalue weighted by Gasteiger charge is 2.48. The van der Waals surface area contributed by atoms with Crippen molar-refractivity contribution < 1.29 is 27.9 Å². The molecule has 4 rings (SSSR count). The minimum absolute atomic E-state index is 0.152. The van der Waals surface area contributed by atoms with E-state index in [1.54, 1.807) is 40.1 Å². The van der Waals surface area contributed by atoms with Gasteiger partial charge in [0.15, 0.2) is 0 Å². The lowest BCUT2D eigenvalue weighted by atomic mass is 9.80. The predicted molar refractivity (Wildman–Crippen MR) is 132 cm³/mol. The van der Waals surface area contributed by atoms with E-state index in [1.165, 1.54) is 0 Å². The SMILES string of the molecule is CC(C)(C)OC(=O)N1CCN(C(=O)c2ccccc2-c2cccc(NC(=O)C3CC(F)(F)C3)c2)CC1. The van der Waals surface area contributed by atoms with Gasteiger partial charge in [0.2, 0.25) is 11.8 Å². The van der Waals surface area contributed by atoms with Crippen LogP contribution in [0.25, 0.3) is 11.1 Å². The molecule has 0 spiro atoms. The largest absolute Gasteiger partial charge is 0.444 e. The summed E-state index contributed by atoms with van der Waals surface area (Å²) >= 11 is 0. The van der Waals surface area contributed by atoms with Gasteiger partial charge in [-0.25, -0.2) is 13.6 Å². The molecule has 1 aliphatic carbocycles. The number of ether oxygens (including phenoxy) is 1. The summed E-state index contributed by atoms with van der Waals surface area (Å²) in [6.45, 7) is 6.97. The van der Waals surface area contributed by atoms with Crippen LogP contribution >= 0.6 is 0 Å². The maximum atomic E-state index is 13.4. The topological polar surface area (TPSA) is 79.0 Å². The van der Waals surface area contributed by atoms with Crippen LogP contribution in [0.5, 0.6) is 0 Å². The summed E-state index contributed by atoms with van der Waals surface area (Å²) in [5.41, 5.74) is 1.83. The van der Waals surface area contributed by atoms with Crippen LogP contribution in [0.15, 0.2) is 48.5 Å². The number of hydrogen-bond acceptors (Lipinski definition) is 4. The molecule has 9 heteroatoms. The number of halogens is 2. The van der Waals surface area contributed by atoms with Crippen LogP contribution in [-0.4, -0.2) is 65.4 Å². The number of piperazine rings is 1. The molecule has 0 bridgehead atoms. The molecule has 2 aliphatic rings. The number of amides is 3. The second-order valence-electron chi connectivity index (χ2n) is 10.3. The Kier molecular flexibility index (Phi) is 7.02. The van der Waals surface area contributed by atoms with Crippen molar-refractivity contribution >= 4 is 23.6 Å². The van der Waals surface area contributed by atoms with Gasteiger partial charge < -0.3 is 19.9 Å². The van der Waals surface area contributed by atoms with Crippen molar-refractivity contribution in [2.75, 3.05) is 31.5 Å². The van der Waals surface area contributed by atoms with Crippen molar-refractivity contribution in [3.63, 3.8) is 0 Å². The summed E-state index contributed by atoms with van der Waals surface area (Å²) in [6, 6.07) is 14.2. The number of benzene rings is 2. The molecular formula is C27H31F2N3O4. The molecule has 2 aromatic carbocycles. The van der Waals surface area contributed by atoms with E-state index in [1.807, 2.05) is 39.0 Å². The van der Waals surface area contributed by atoms with Crippen LogP contribution in [0, 0.1) is 5.92 Å². The van der Waals surface area contributed by atoms with Crippen LogP contribution < -0.4 is 5.32 Å². The van der Waals surface area contributed by atoms with Crippen LogP contribution in [0.1, 0.15) is 44.0 Å². The number of anilines is 1. The molecule has 0 radical (unpaired) electrons. The number of carbonyl (C=O) groups excluding carboxylic acids is 3. The predicted octanol–water partition coefficient (Wildman–Crippen LogP) is 5.03. The first-order valence-corrected chi connectivity index (χ1v) is 12.1. The van der Waals surface area contributed by atoms with Gasteiger partial charge in [0, 0.05) is 56.2 Å². The smallest absolute Gasteiger partial charge is 0.410 e. The fourth-order valence-electron chi connectivity index (χ4n) is 4.37. The van der Waals surface area contributed by atoms with E-state index in [9.17, 15) is 23.2 Å². The van der Waals surface area contributed by atoms with Crippen LogP contribution in [-0.2, 0) is 9.53 Å². The van der Waals surface area contributed by atoms with E-state index in [0.717, 1.165) is 5.56 Å². The maximum Gasteiger partial charge on any atom is 0.410 e. The van der Waals surface area contributed by atoms with Gasteiger partial charge in [0.25, 0.3) is 5.91 Å². The maximum absolute atomic E-state index is 13.4. The zero-order valence-electron chi connectivity index (χ0n) is 20.7. The molecule has 2 fully saturated rings. The Labute approximate surface area is 209 Å². The number of rotatable bonds is 4. The molecule has 192 valence electrons. The Morgan fingerprint density at radius 1 is 0.944 bits per heavy atom. The number of alkyl halides is 2. The number of hydrogen-bond donors (Lipinski definition) is 1. The number of carbonyl (C=O) groups is 3. The molecule has 0 unspecified atom stereocenters. The summed E-state index contributed by atoms with van der Waals surface area (Å²) in [4.78, 5) is 41.4. The van der Waals surface area contributed by atoms with Crippen LogP contribution in [0.4, 0.5) is 19.3 Å². The Morgan fingerprint density at radius 3 is 2.22 bits per heavy atom. The van der Waals surface area contributed by atoms with Gasteiger partial charge in [-0.2, -0.15) is 0 Å². The normalized spacial score (nSPS) is 17.8. The molecule has 36 heavy (non-hydrogen) atoms. The average Bonchev–Trinajstić information content (AvgIpc) is 2.81. The molecule has 1 N–H and O–H groups in total. The second-order valence-corrected chi connectivity index (χ2v) is 10.3. The minimum Gasteiger partial charge on any atom is -0.444 e. The third-order valence-electron chi connectivity index (χ3n) is 6.28. The first kappa shape index (κ1) is 25.6. The van der Waals surface area contributed by atoms with Crippen molar-refractivity contribution in [3.8, 4) is 11.1 Å². The Balaban J connectivity index is 1.44. The number of nitrogens with zero attached hydrogens (tertiary/aromatic N) is 2. The van der Waals surface area contributed by atoms with E-state index < -0.39 is 36.2 Å². The Hall–Kier alpha value is -3.49. The van der Waals surface area contributed by atoms with Crippen molar-refractivity contribution in [1.82, 2.24) is 9.80 Å².